The zero-order chi connectivity index (χ0) is 27.7. The number of benzene rings is 1. The largest absolute Gasteiger partial charge is 0.354 e. The van der Waals surface area contributed by atoms with Gasteiger partial charge >= 0.3 is 0 Å². The van der Waals surface area contributed by atoms with Gasteiger partial charge in [0.15, 0.2) is 15.7 Å². The van der Waals surface area contributed by atoms with Crippen molar-refractivity contribution in [2.45, 2.75) is 32.4 Å². The second-order valence-electron chi connectivity index (χ2n) is 10.1. The van der Waals surface area contributed by atoms with E-state index in [1.807, 2.05) is 25.1 Å². The van der Waals surface area contributed by atoms with Gasteiger partial charge in [0.05, 0.1) is 22.5 Å². The van der Waals surface area contributed by atoms with Crippen LogP contribution in [0.3, 0.4) is 0 Å². The van der Waals surface area contributed by atoms with Crippen LogP contribution in [-0.4, -0.2) is 66.8 Å². The molecule has 0 radical (unpaired) electrons. The lowest BCUT2D eigenvalue weighted by Gasteiger charge is -2.33. The highest BCUT2D eigenvalue weighted by atomic mass is 32.2. The Morgan fingerprint density at radius 3 is 2.49 bits per heavy atom. The van der Waals surface area contributed by atoms with Crippen molar-refractivity contribution in [1.29, 1.82) is 0 Å². The number of anilines is 1. The molecule has 0 N–H and O–H groups in total. The lowest BCUT2D eigenvalue weighted by Crippen LogP contribution is -2.44. The van der Waals surface area contributed by atoms with Gasteiger partial charge in [-0.25, -0.2) is 22.2 Å². The third-order valence-electron chi connectivity index (χ3n) is 7.25. The van der Waals surface area contributed by atoms with Gasteiger partial charge in [-0.3, -0.25) is 4.98 Å². The van der Waals surface area contributed by atoms with Crippen molar-refractivity contribution in [3.8, 4) is 16.8 Å². The Balaban J connectivity index is 1.69. The maximum Gasteiger partial charge on any atom is 0.154 e. The summed E-state index contributed by atoms with van der Waals surface area (Å²) in [6.07, 6.45) is 6.41. The van der Waals surface area contributed by atoms with E-state index in [2.05, 4.69) is 21.8 Å². The van der Waals surface area contributed by atoms with Gasteiger partial charge in [0.2, 0.25) is 0 Å². The van der Waals surface area contributed by atoms with Gasteiger partial charge in [0.25, 0.3) is 0 Å². The first-order valence-electron chi connectivity index (χ1n) is 13.3. The number of fused-ring (bicyclic) bond motifs is 1. The number of hydrogen-bond acceptors (Lipinski definition) is 6. The summed E-state index contributed by atoms with van der Waals surface area (Å²) < 4.78 is 57.6. The molecule has 10 heteroatoms. The summed E-state index contributed by atoms with van der Waals surface area (Å²) in [5, 5.41) is 0. The number of halogens is 2. The first-order valence-corrected chi connectivity index (χ1v) is 15.1. The Morgan fingerprint density at radius 2 is 1.77 bits per heavy atom. The first kappa shape index (κ1) is 27.2. The summed E-state index contributed by atoms with van der Waals surface area (Å²) in [6, 6.07) is 8.06. The zero-order valence-electron chi connectivity index (χ0n) is 22.5. The monoisotopic (exact) mass is 553 g/mol. The zero-order valence-corrected chi connectivity index (χ0v) is 23.3. The van der Waals surface area contributed by atoms with Crippen LogP contribution in [0.5, 0.6) is 0 Å². The number of hydrogen-bond donors (Lipinski definition) is 0. The Bertz CT molecular complexity index is 1610. The topological polar surface area (TPSA) is 71.3 Å². The van der Waals surface area contributed by atoms with Crippen molar-refractivity contribution >= 4 is 26.7 Å². The summed E-state index contributed by atoms with van der Waals surface area (Å²) in [6.45, 7) is 7.28. The van der Waals surface area contributed by atoms with Crippen LogP contribution >= 0.6 is 0 Å². The molecule has 4 heterocycles. The van der Waals surface area contributed by atoms with Crippen molar-refractivity contribution in [2.75, 3.05) is 43.9 Å². The van der Waals surface area contributed by atoms with Gasteiger partial charge in [0, 0.05) is 61.5 Å². The van der Waals surface area contributed by atoms with E-state index in [1.165, 1.54) is 10.6 Å². The molecule has 0 saturated carbocycles. The average molecular weight is 554 g/mol. The van der Waals surface area contributed by atoms with Gasteiger partial charge < -0.3 is 14.4 Å². The smallest absolute Gasteiger partial charge is 0.154 e. The fraction of sp³-hybridized carbons (Fsp3) is 0.379. The van der Waals surface area contributed by atoms with Crippen LogP contribution < -0.4 is 4.90 Å². The Kier molecular flexibility index (Phi) is 7.68. The molecule has 39 heavy (non-hydrogen) atoms. The highest BCUT2D eigenvalue weighted by molar-refractivity contribution is 7.90. The van der Waals surface area contributed by atoms with Crippen molar-refractivity contribution < 1.29 is 17.2 Å². The van der Waals surface area contributed by atoms with Crippen LogP contribution in [0.15, 0.2) is 48.9 Å². The highest BCUT2D eigenvalue weighted by Crippen LogP contribution is 2.35. The van der Waals surface area contributed by atoms with Gasteiger partial charge in [0.1, 0.15) is 17.3 Å². The third kappa shape index (κ3) is 5.53. The molecule has 1 fully saturated rings. The fourth-order valence-electron chi connectivity index (χ4n) is 5.07. The molecule has 0 bridgehead atoms. The maximum absolute atomic E-state index is 15.9. The molecule has 1 aromatic carbocycles. The van der Waals surface area contributed by atoms with Gasteiger partial charge in [-0.05, 0) is 49.7 Å². The van der Waals surface area contributed by atoms with E-state index in [4.69, 9.17) is 4.98 Å². The number of aryl methyl sites for hydroxylation is 1. The van der Waals surface area contributed by atoms with E-state index in [1.54, 1.807) is 25.5 Å². The highest BCUT2D eigenvalue weighted by Gasteiger charge is 2.24. The lowest BCUT2D eigenvalue weighted by molar-refractivity contribution is 0.312. The Morgan fingerprint density at radius 1 is 1.00 bits per heavy atom. The standard InChI is InChI=1S/C29H33F2N5O2S/c1-4-14-39(37,38)19-21-6-7-24(30)29(27(21)31)36-18-23(22-15-20(5-2)16-32-17-22)28-25(36)8-9-26(33-28)35-12-10-34(3)11-13-35/h6-9,15-18H,4-5,10-14,19H2,1-3H3. The molecule has 1 saturated heterocycles. The molecule has 0 unspecified atom stereocenters. The quantitative estimate of drug-likeness (QED) is 0.306. The third-order valence-corrected chi connectivity index (χ3v) is 9.03. The molecule has 0 amide bonds. The minimum Gasteiger partial charge on any atom is -0.354 e. The summed E-state index contributed by atoms with van der Waals surface area (Å²) >= 11 is 0. The van der Waals surface area contributed by atoms with Crippen molar-refractivity contribution in [1.82, 2.24) is 19.4 Å². The SMILES string of the molecule is CCCS(=O)(=O)Cc1ccc(F)c(-n2cc(-c3cncc(CC)c3)c3nc(N4CCN(C)CC4)ccc32)c1F. The predicted octanol–water partition coefficient (Wildman–Crippen LogP) is 5.00. The van der Waals surface area contributed by atoms with Crippen molar-refractivity contribution in [3.05, 3.63) is 71.7 Å². The van der Waals surface area contributed by atoms with E-state index in [9.17, 15) is 8.42 Å². The second-order valence-corrected chi connectivity index (χ2v) is 12.3. The Labute approximate surface area is 228 Å². The minimum absolute atomic E-state index is 0.0556. The maximum atomic E-state index is 15.9. The Hall–Kier alpha value is -3.37. The molecule has 4 aromatic rings. The number of piperazine rings is 1. The lowest BCUT2D eigenvalue weighted by atomic mass is 10.1. The van der Waals surface area contributed by atoms with E-state index in [-0.39, 0.29) is 17.0 Å². The van der Waals surface area contributed by atoms with E-state index in [0.717, 1.165) is 55.6 Å². The average Bonchev–Trinajstić information content (AvgIpc) is 3.29. The molecule has 0 atom stereocenters. The number of aromatic nitrogens is 3. The van der Waals surface area contributed by atoms with E-state index in [0.29, 0.717) is 23.0 Å². The molecule has 0 aliphatic carbocycles. The van der Waals surface area contributed by atoms with Gasteiger partial charge in [-0.15, -0.1) is 0 Å². The van der Waals surface area contributed by atoms with Gasteiger partial charge in [-0.1, -0.05) is 19.9 Å². The van der Waals surface area contributed by atoms with Crippen molar-refractivity contribution in [3.63, 3.8) is 0 Å². The molecule has 5 rings (SSSR count). The normalized spacial score (nSPS) is 14.8. The number of pyridine rings is 2. The van der Waals surface area contributed by atoms with Crippen LogP contribution in [0.25, 0.3) is 27.8 Å². The molecule has 206 valence electrons. The van der Waals surface area contributed by atoms with Crippen LogP contribution in [0, 0.1) is 11.6 Å². The predicted molar refractivity (Wildman–Crippen MR) is 151 cm³/mol. The minimum atomic E-state index is -3.53. The summed E-state index contributed by atoms with van der Waals surface area (Å²) in [7, 11) is -1.44. The molecule has 1 aliphatic rings. The first-order chi connectivity index (χ1) is 18.7. The van der Waals surface area contributed by atoms with E-state index < -0.39 is 27.2 Å². The van der Waals surface area contributed by atoms with Crippen LogP contribution in [0.1, 0.15) is 31.4 Å². The fourth-order valence-corrected chi connectivity index (χ4v) is 6.53. The van der Waals surface area contributed by atoms with Crippen LogP contribution in [-0.2, 0) is 22.0 Å². The summed E-state index contributed by atoms with van der Waals surface area (Å²) in [5.74, 6) is -1.41. The molecule has 3 aromatic heterocycles. The number of sulfone groups is 1. The second kappa shape index (κ2) is 11.0. The summed E-state index contributed by atoms with van der Waals surface area (Å²) in [5.41, 5.74) is 3.28. The molecule has 1 aliphatic heterocycles. The molecular formula is C29H33F2N5O2S. The number of rotatable bonds is 8. The van der Waals surface area contributed by atoms with Crippen LogP contribution in [0.2, 0.25) is 0 Å². The molecule has 0 spiro atoms. The molecular weight excluding hydrogens is 520 g/mol. The summed E-state index contributed by atoms with van der Waals surface area (Å²) in [4.78, 5) is 13.8. The molecule has 7 nitrogen and oxygen atoms in total. The van der Waals surface area contributed by atoms with E-state index >= 15 is 8.78 Å². The van der Waals surface area contributed by atoms with Gasteiger partial charge in [-0.2, -0.15) is 0 Å². The number of nitrogens with zero attached hydrogens (tertiary/aromatic N) is 5. The van der Waals surface area contributed by atoms with Crippen LogP contribution in [0.4, 0.5) is 14.6 Å². The number of likely N-dealkylation sites (N-methyl/N-ethyl adjacent to an activating group) is 1. The van der Waals surface area contributed by atoms with Crippen molar-refractivity contribution in [2.24, 2.45) is 0 Å².